The van der Waals surface area contributed by atoms with Crippen LogP contribution in [-0.2, 0) is 16.0 Å². The van der Waals surface area contributed by atoms with E-state index in [4.69, 9.17) is 5.73 Å². The lowest BCUT2D eigenvalue weighted by molar-refractivity contribution is -0.137. The van der Waals surface area contributed by atoms with Gasteiger partial charge in [-0.1, -0.05) is 54.5 Å². The lowest BCUT2D eigenvalue weighted by atomic mass is 10.0. The molecule has 0 aliphatic rings. The number of rotatable bonds is 7. The fourth-order valence-corrected chi connectivity index (χ4v) is 2.93. The lowest BCUT2D eigenvalue weighted by Gasteiger charge is -2.16. The Morgan fingerprint density at radius 3 is 2.30 bits per heavy atom. The second-order valence-corrected chi connectivity index (χ2v) is 6.49. The smallest absolute Gasteiger partial charge is 0.287 e. The maximum atomic E-state index is 13.0. The van der Waals surface area contributed by atoms with Gasteiger partial charge in [0, 0.05) is 12.6 Å². The van der Waals surface area contributed by atoms with Crippen LogP contribution in [0.5, 0.6) is 0 Å². The molecule has 7 nitrogen and oxygen atoms in total. The third-order valence-electron chi connectivity index (χ3n) is 4.37. The number of nitrogens with zero attached hydrogens (tertiary/aromatic N) is 2. The van der Waals surface area contributed by atoms with Gasteiger partial charge in [-0.15, -0.1) is 0 Å². The highest BCUT2D eigenvalue weighted by molar-refractivity contribution is 6.38. The summed E-state index contributed by atoms with van der Waals surface area (Å²) in [6.07, 6.45) is 1.68. The number of hydrogen-bond donors (Lipinski definition) is 2. The van der Waals surface area contributed by atoms with Gasteiger partial charge in [0.15, 0.2) is 0 Å². The maximum absolute atomic E-state index is 13.0. The van der Waals surface area contributed by atoms with E-state index in [1.165, 1.54) is 4.68 Å². The Bertz CT molecular complexity index is 1130. The first kappa shape index (κ1) is 20.6. The molecule has 0 fully saturated rings. The molecule has 1 unspecified atom stereocenters. The minimum absolute atomic E-state index is 0.135. The molecule has 0 bridgehead atoms. The maximum Gasteiger partial charge on any atom is 0.287 e. The standard InChI is InChI=1S/C23H20N4O3/c1-2-9-19-18(15-27(26-19)17-12-7-4-8-13-17)23(30)25-20(21(28)22(24)29)14-16-10-5-3-6-11-16/h3-8,10-13,15,20H,14H2,1H3,(H2,24,29)(H,25,30). The van der Waals surface area contributed by atoms with Crippen LogP contribution in [0.3, 0.4) is 0 Å². The van der Waals surface area contributed by atoms with Crippen molar-refractivity contribution < 1.29 is 14.4 Å². The number of primary amides is 1. The summed E-state index contributed by atoms with van der Waals surface area (Å²) >= 11 is 0. The molecule has 3 aromatic rings. The summed E-state index contributed by atoms with van der Waals surface area (Å²) in [5, 5.41) is 6.98. The van der Waals surface area contributed by atoms with Crippen LogP contribution in [0.25, 0.3) is 5.69 Å². The van der Waals surface area contributed by atoms with E-state index < -0.39 is 23.6 Å². The quantitative estimate of drug-likeness (QED) is 0.464. The van der Waals surface area contributed by atoms with Gasteiger partial charge in [0.2, 0.25) is 5.78 Å². The van der Waals surface area contributed by atoms with Crippen molar-refractivity contribution in [3.63, 3.8) is 0 Å². The summed E-state index contributed by atoms with van der Waals surface area (Å²) in [5.41, 5.74) is 7.19. The molecule has 0 saturated carbocycles. The highest BCUT2D eigenvalue weighted by atomic mass is 16.2. The Morgan fingerprint density at radius 2 is 1.70 bits per heavy atom. The zero-order valence-corrected chi connectivity index (χ0v) is 16.3. The van der Waals surface area contributed by atoms with Crippen molar-refractivity contribution in [2.45, 2.75) is 19.4 Å². The van der Waals surface area contributed by atoms with Crippen LogP contribution in [0.4, 0.5) is 0 Å². The number of ketones is 1. The molecule has 150 valence electrons. The van der Waals surface area contributed by atoms with Gasteiger partial charge in [0.1, 0.15) is 11.7 Å². The number of carbonyl (C=O) groups excluding carboxylic acids is 3. The molecule has 2 amide bonds. The average molecular weight is 400 g/mol. The summed E-state index contributed by atoms with van der Waals surface area (Å²) < 4.78 is 1.54. The topological polar surface area (TPSA) is 107 Å². The molecule has 1 atom stereocenters. The molecular formula is C23H20N4O3. The predicted molar refractivity (Wildman–Crippen MR) is 112 cm³/mol. The van der Waals surface area contributed by atoms with E-state index in [-0.39, 0.29) is 17.7 Å². The van der Waals surface area contributed by atoms with Gasteiger partial charge in [-0.3, -0.25) is 14.4 Å². The number of nitrogens with two attached hydrogens (primary N) is 1. The molecule has 2 aromatic carbocycles. The monoisotopic (exact) mass is 400 g/mol. The molecule has 1 heterocycles. The normalized spacial score (nSPS) is 11.1. The van der Waals surface area contributed by atoms with Crippen LogP contribution in [0.15, 0.2) is 66.9 Å². The molecule has 0 aliphatic heterocycles. The van der Waals surface area contributed by atoms with Crippen molar-refractivity contribution in [1.82, 2.24) is 15.1 Å². The first-order valence-electron chi connectivity index (χ1n) is 9.26. The van der Waals surface area contributed by atoms with Crippen LogP contribution < -0.4 is 11.1 Å². The minimum atomic E-state index is -1.11. The van der Waals surface area contributed by atoms with Gasteiger partial charge in [-0.2, -0.15) is 5.10 Å². The Labute approximate surface area is 173 Å². The molecule has 7 heteroatoms. The number of hydrogen-bond acceptors (Lipinski definition) is 4. The third-order valence-corrected chi connectivity index (χ3v) is 4.37. The molecule has 0 saturated heterocycles. The molecule has 0 aliphatic carbocycles. The van der Waals surface area contributed by atoms with Gasteiger partial charge >= 0.3 is 0 Å². The minimum Gasteiger partial charge on any atom is -0.363 e. The molecule has 30 heavy (non-hydrogen) atoms. The fraction of sp³-hybridized carbons (Fsp3) is 0.130. The molecule has 3 rings (SSSR count). The van der Waals surface area contributed by atoms with Crippen molar-refractivity contribution in [3.8, 4) is 17.5 Å². The Kier molecular flexibility index (Phi) is 6.40. The summed E-state index contributed by atoms with van der Waals surface area (Å²) in [6.45, 7) is 1.64. The molecule has 3 N–H and O–H groups in total. The number of aromatic nitrogens is 2. The number of Topliss-reactive ketones (excluding diaryl/α,β-unsaturated/α-hetero) is 1. The van der Waals surface area contributed by atoms with Crippen LogP contribution in [0, 0.1) is 11.8 Å². The zero-order valence-electron chi connectivity index (χ0n) is 16.3. The predicted octanol–water partition coefficient (Wildman–Crippen LogP) is 1.64. The average Bonchev–Trinajstić information content (AvgIpc) is 3.18. The first-order valence-corrected chi connectivity index (χ1v) is 9.26. The number of amides is 2. The van der Waals surface area contributed by atoms with Crippen LogP contribution in [0.1, 0.15) is 28.5 Å². The molecule has 1 aromatic heterocycles. The van der Waals surface area contributed by atoms with Crippen LogP contribution in [-0.4, -0.2) is 33.4 Å². The highest BCUT2D eigenvalue weighted by Gasteiger charge is 2.27. The van der Waals surface area contributed by atoms with E-state index in [9.17, 15) is 14.4 Å². The van der Waals surface area contributed by atoms with Crippen LogP contribution >= 0.6 is 0 Å². The van der Waals surface area contributed by atoms with E-state index in [1.807, 2.05) is 48.5 Å². The number of carbonyl (C=O) groups is 3. The van der Waals surface area contributed by atoms with Crippen LogP contribution in [0.2, 0.25) is 0 Å². The van der Waals surface area contributed by atoms with Gasteiger partial charge in [-0.25, -0.2) is 4.68 Å². The van der Waals surface area contributed by atoms with E-state index >= 15 is 0 Å². The summed E-state index contributed by atoms with van der Waals surface area (Å²) in [6, 6.07) is 17.2. The van der Waals surface area contributed by atoms with Gasteiger partial charge in [-0.05, 0) is 30.5 Å². The van der Waals surface area contributed by atoms with Crippen molar-refractivity contribution in [2.24, 2.45) is 5.73 Å². The van der Waals surface area contributed by atoms with Gasteiger partial charge < -0.3 is 11.1 Å². The Morgan fingerprint density at radius 1 is 1.07 bits per heavy atom. The number of nitrogens with one attached hydrogen (secondary N) is 1. The Balaban J connectivity index is 1.91. The number of para-hydroxylation sites is 1. The van der Waals surface area contributed by atoms with Crippen molar-refractivity contribution >= 4 is 17.6 Å². The lowest BCUT2D eigenvalue weighted by Crippen LogP contribution is -2.47. The van der Waals surface area contributed by atoms with E-state index in [0.717, 1.165) is 11.3 Å². The highest BCUT2D eigenvalue weighted by Crippen LogP contribution is 2.13. The van der Waals surface area contributed by atoms with E-state index in [2.05, 4.69) is 22.3 Å². The van der Waals surface area contributed by atoms with Crippen molar-refractivity contribution in [3.05, 3.63) is 83.7 Å². The first-order chi connectivity index (χ1) is 14.5. The summed E-state index contributed by atoms with van der Waals surface area (Å²) in [4.78, 5) is 36.8. The third kappa shape index (κ3) is 4.80. The van der Waals surface area contributed by atoms with Gasteiger partial charge in [0.25, 0.3) is 11.8 Å². The largest absolute Gasteiger partial charge is 0.363 e. The van der Waals surface area contributed by atoms with E-state index in [0.29, 0.717) is 0 Å². The summed E-state index contributed by atoms with van der Waals surface area (Å²) in [5.74, 6) is 2.99. The number of benzene rings is 2. The van der Waals surface area contributed by atoms with Crippen molar-refractivity contribution in [1.29, 1.82) is 0 Å². The fourth-order valence-electron chi connectivity index (χ4n) is 2.93. The second-order valence-electron chi connectivity index (χ2n) is 6.49. The Hall–Kier alpha value is -4.18. The molecule has 0 spiro atoms. The SMILES string of the molecule is CC#Cc1nn(-c2ccccc2)cc1C(=O)NC(Cc1ccccc1)C(=O)C(N)=O. The van der Waals surface area contributed by atoms with E-state index in [1.54, 1.807) is 25.3 Å². The summed E-state index contributed by atoms with van der Waals surface area (Å²) in [7, 11) is 0. The second kappa shape index (κ2) is 9.34. The van der Waals surface area contributed by atoms with Gasteiger partial charge in [0.05, 0.1) is 11.3 Å². The molecular weight excluding hydrogens is 380 g/mol. The van der Waals surface area contributed by atoms with Crippen molar-refractivity contribution in [2.75, 3.05) is 0 Å². The zero-order chi connectivity index (χ0) is 21.5. The molecule has 0 radical (unpaired) electrons.